The van der Waals surface area contributed by atoms with Gasteiger partial charge in [-0.1, -0.05) is 12.1 Å². The van der Waals surface area contributed by atoms with Crippen molar-refractivity contribution in [3.63, 3.8) is 0 Å². The molecular formula is C27H24FN3O5. The number of pyridine rings is 1. The number of urea groups is 1. The molecule has 1 aromatic heterocycles. The quantitative estimate of drug-likeness (QED) is 0.354. The van der Waals surface area contributed by atoms with Crippen LogP contribution in [0.2, 0.25) is 0 Å². The van der Waals surface area contributed by atoms with Gasteiger partial charge in [0.1, 0.15) is 30.5 Å². The summed E-state index contributed by atoms with van der Waals surface area (Å²) in [6.07, 6.45) is 1.65. The van der Waals surface area contributed by atoms with Crippen LogP contribution in [0.25, 0.3) is 10.9 Å². The van der Waals surface area contributed by atoms with Crippen LogP contribution in [0.15, 0.2) is 66.9 Å². The first-order valence-corrected chi connectivity index (χ1v) is 11.4. The smallest absolute Gasteiger partial charge is 0.319 e. The van der Waals surface area contributed by atoms with Gasteiger partial charge in [-0.05, 0) is 55.0 Å². The average Bonchev–Trinajstić information content (AvgIpc) is 2.89. The predicted molar refractivity (Wildman–Crippen MR) is 133 cm³/mol. The normalized spacial score (nSPS) is 13.1. The number of halogens is 1. The number of methoxy groups -OCH3 is 1. The molecule has 0 unspecified atom stereocenters. The van der Waals surface area contributed by atoms with Crippen LogP contribution in [-0.2, 0) is 0 Å². The maximum atomic E-state index is 13.1. The molecule has 1 aliphatic heterocycles. The van der Waals surface area contributed by atoms with Crippen molar-refractivity contribution in [1.82, 2.24) is 10.3 Å². The van der Waals surface area contributed by atoms with Crippen LogP contribution in [0, 0.1) is 5.82 Å². The number of benzene rings is 3. The molecule has 9 heteroatoms. The van der Waals surface area contributed by atoms with E-state index in [0.717, 1.165) is 5.56 Å². The SMILES string of the molecule is COc1cc2nccc(Oc3ccc(NC(=O)N[C@H](C)c4ccc(F)cc4)cc3)c2c2c1OCCO2. The standard InChI is InChI=1S/C27H24FN3O5/c1-16(17-3-5-18(28)6-4-17)30-27(32)31-19-7-9-20(10-8-19)36-22-11-12-29-21-15-23(33-2)25-26(24(21)22)35-14-13-34-25/h3-12,15-16H,13-14H2,1-2H3,(H2,30,31,32)/t16-/m1/s1. The summed E-state index contributed by atoms with van der Waals surface area (Å²) in [5, 5.41) is 6.30. The van der Waals surface area contributed by atoms with Crippen molar-refractivity contribution in [2.75, 3.05) is 25.6 Å². The van der Waals surface area contributed by atoms with Crippen molar-refractivity contribution in [2.45, 2.75) is 13.0 Å². The molecule has 2 heterocycles. The number of anilines is 1. The van der Waals surface area contributed by atoms with Gasteiger partial charge in [0, 0.05) is 18.0 Å². The fourth-order valence-electron chi connectivity index (χ4n) is 3.94. The highest BCUT2D eigenvalue weighted by Crippen LogP contribution is 2.48. The summed E-state index contributed by atoms with van der Waals surface area (Å²) in [4.78, 5) is 16.8. The molecule has 0 saturated heterocycles. The minimum Gasteiger partial charge on any atom is -0.493 e. The van der Waals surface area contributed by atoms with Gasteiger partial charge in [0.2, 0.25) is 5.75 Å². The number of carbonyl (C=O) groups is 1. The number of amides is 2. The maximum Gasteiger partial charge on any atom is 0.319 e. The minimum absolute atomic E-state index is 0.288. The molecule has 4 aromatic rings. The third kappa shape index (κ3) is 4.81. The number of nitrogens with one attached hydrogen (secondary N) is 2. The number of ether oxygens (including phenoxy) is 4. The molecule has 2 amide bonds. The number of hydrogen-bond acceptors (Lipinski definition) is 6. The Morgan fingerprint density at radius 2 is 1.72 bits per heavy atom. The highest BCUT2D eigenvalue weighted by Gasteiger charge is 2.24. The molecule has 0 saturated carbocycles. The molecule has 2 N–H and O–H groups in total. The van der Waals surface area contributed by atoms with Crippen LogP contribution in [0.1, 0.15) is 18.5 Å². The first kappa shape index (κ1) is 23.2. The van der Waals surface area contributed by atoms with Crippen LogP contribution in [0.4, 0.5) is 14.9 Å². The van der Waals surface area contributed by atoms with Gasteiger partial charge in [-0.2, -0.15) is 0 Å². The van der Waals surface area contributed by atoms with E-state index in [9.17, 15) is 9.18 Å². The van der Waals surface area contributed by atoms with Crippen LogP contribution < -0.4 is 29.6 Å². The molecule has 0 aliphatic carbocycles. The third-order valence-corrected chi connectivity index (χ3v) is 5.72. The van der Waals surface area contributed by atoms with Gasteiger partial charge in [-0.3, -0.25) is 4.98 Å². The third-order valence-electron chi connectivity index (χ3n) is 5.72. The first-order chi connectivity index (χ1) is 17.5. The molecule has 3 aromatic carbocycles. The number of carbonyl (C=O) groups excluding carboxylic acids is 1. The van der Waals surface area contributed by atoms with Crippen molar-refractivity contribution in [1.29, 1.82) is 0 Å². The monoisotopic (exact) mass is 489 g/mol. The molecule has 0 spiro atoms. The molecule has 5 rings (SSSR count). The minimum atomic E-state index is -0.377. The zero-order valence-electron chi connectivity index (χ0n) is 19.7. The zero-order chi connectivity index (χ0) is 25.1. The molecule has 184 valence electrons. The Hall–Kier alpha value is -4.53. The van der Waals surface area contributed by atoms with Crippen LogP contribution in [0.5, 0.6) is 28.7 Å². The number of hydrogen-bond donors (Lipinski definition) is 2. The van der Waals surface area contributed by atoms with E-state index in [1.54, 1.807) is 61.8 Å². The molecule has 8 nitrogen and oxygen atoms in total. The van der Waals surface area contributed by atoms with Gasteiger partial charge in [0.05, 0.1) is 24.1 Å². The molecule has 36 heavy (non-hydrogen) atoms. The van der Waals surface area contributed by atoms with Crippen LogP contribution in [0.3, 0.4) is 0 Å². The Morgan fingerprint density at radius 1 is 1.00 bits per heavy atom. The van der Waals surface area contributed by atoms with Crippen LogP contribution in [-0.4, -0.2) is 31.3 Å². The Morgan fingerprint density at radius 3 is 2.44 bits per heavy atom. The highest BCUT2D eigenvalue weighted by molar-refractivity contribution is 5.95. The molecule has 0 radical (unpaired) electrons. The van der Waals surface area contributed by atoms with E-state index in [1.807, 2.05) is 6.92 Å². The van der Waals surface area contributed by atoms with Crippen molar-refractivity contribution >= 4 is 22.6 Å². The topological polar surface area (TPSA) is 90.9 Å². The fraction of sp³-hybridized carbons (Fsp3) is 0.185. The second kappa shape index (κ2) is 9.99. The lowest BCUT2D eigenvalue weighted by Crippen LogP contribution is -2.31. The molecule has 0 bridgehead atoms. The van der Waals surface area contributed by atoms with Gasteiger partial charge in [0.25, 0.3) is 0 Å². The van der Waals surface area contributed by atoms with Crippen molar-refractivity contribution < 1.29 is 28.1 Å². The molecule has 1 atom stereocenters. The number of fused-ring (bicyclic) bond motifs is 3. The molecule has 0 fully saturated rings. The van der Waals surface area contributed by atoms with Crippen molar-refractivity contribution in [3.05, 3.63) is 78.2 Å². The largest absolute Gasteiger partial charge is 0.493 e. The van der Waals surface area contributed by atoms with E-state index in [0.29, 0.717) is 58.6 Å². The van der Waals surface area contributed by atoms with E-state index in [1.165, 1.54) is 12.1 Å². The lowest BCUT2D eigenvalue weighted by atomic mass is 10.1. The van der Waals surface area contributed by atoms with E-state index < -0.39 is 0 Å². The molecule has 1 aliphatic rings. The van der Waals surface area contributed by atoms with E-state index in [-0.39, 0.29) is 17.9 Å². The number of rotatable bonds is 6. The summed E-state index contributed by atoms with van der Waals surface area (Å²) in [5.74, 6) is 2.39. The first-order valence-electron chi connectivity index (χ1n) is 11.4. The summed E-state index contributed by atoms with van der Waals surface area (Å²) < 4.78 is 36.4. The summed E-state index contributed by atoms with van der Waals surface area (Å²) in [6.45, 7) is 2.66. The Bertz CT molecular complexity index is 1390. The lowest BCUT2D eigenvalue weighted by molar-refractivity contribution is 0.167. The van der Waals surface area contributed by atoms with Gasteiger partial charge in [-0.25, -0.2) is 9.18 Å². The molecular weight excluding hydrogens is 465 g/mol. The van der Waals surface area contributed by atoms with Crippen molar-refractivity contribution in [3.8, 4) is 28.7 Å². The van der Waals surface area contributed by atoms with Gasteiger partial charge in [-0.15, -0.1) is 0 Å². The lowest BCUT2D eigenvalue weighted by Gasteiger charge is -2.23. The summed E-state index contributed by atoms with van der Waals surface area (Å²) >= 11 is 0. The predicted octanol–water partition coefficient (Wildman–Crippen LogP) is 5.83. The van der Waals surface area contributed by atoms with Gasteiger partial charge >= 0.3 is 6.03 Å². The Balaban J connectivity index is 1.30. The Labute approximate surface area is 207 Å². The van der Waals surface area contributed by atoms with Crippen molar-refractivity contribution in [2.24, 2.45) is 0 Å². The van der Waals surface area contributed by atoms with Crippen LogP contribution >= 0.6 is 0 Å². The fourth-order valence-corrected chi connectivity index (χ4v) is 3.94. The maximum absolute atomic E-state index is 13.1. The zero-order valence-corrected chi connectivity index (χ0v) is 19.7. The second-order valence-electron chi connectivity index (χ2n) is 8.14. The summed E-state index contributed by atoms with van der Waals surface area (Å²) in [5.41, 5.74) is 2.04. The highest BCUT2D eigenvalue weighted by atomic mass is 19.1. The Kier molecular flexibility index (Phi) is 6.44. The number of nitrogens with zero attached hydrogens (tertiary/aromatic N) is 1. The van der Waals surface area contributed by atoms with E-state index in [4.69, 9.17) is 18.9 Å². The average molecular weight is 490 g/mol. The van der Waals surface area contributed by atoms with E-state index in [2.05, 4.69) is 15.6 Å². The van der Waals surface area contributed by atoms with Gasteiger partial charge in [0.15, 0.2) is 11.5 Å². The summed E-state index contributed by atoms with van der Waals surface area (Å²) in [7, 11) is 1.57. The summed E-state index contributed by atoms with van der Waals surface area (Å²) in [6, 6.07) is 15.8. The van der Waals surface area contributed by atoms with Gasteiger partial charge < -0.3 is 29.6 Å². The number of aromatic nitrogens is 1. The van der Waals surface area contributed by atoms with E-state index >= 15 is 0 Å². The second-order valence-corrected chi connectivity index (χ2v) is 8.14.